The number of aromatic nitrogens is 3. The second-order valence-corrected chi connectivity index (χ2v) is 8.44. The summed E-state index contributed by atoms with van der Waals surface area (Å²) in [6, 6.07) is 10.4. The highest BCUT2D eigenvalue weighted by atomic mass is 19.4. The lowest BCUT2D eigenvalue weighted by Gasteiger charge is -2.36. The van der Waals surface area contributed by atoms with Gasteiger partial charge in [-0.2, -0.15) is 18.3 Å². The average molecular weight is 444 g/mol. The average Bonchev–Trinajstić information content (AvgIpc) is 3.17. The maximum atomic E-state index is 13.7. The van der Waals surface area contributed by atoms with Gasteiger partial charge in [0.15, 0.2) is 11.8 Å². The number of benzene rings is 1. The third-order valence-corrected chi connectivity index (χ3v) is 6.23. The van der Waals surface area contributed by atoms with Gasteiger partial charge in [-0.3, -0.25) is 4.79 Å². The predicted octanol–water partition coefficient (Wildman–Crippen LogP) is 4.08. The highest BCUT2D eigenvalue weighted by Gasteiger charge is 2.38. The van der Waals surface area contributed by atoms with Crippen molar-refractivity contribution in [3.63, 3.8) is 0 Å². The Labute approximate surface area is 183 Å². The van der Waals surface area contributed by atoms with Gasteiger partial charge in [0.2, 0.25) is 0 Å². The summed E-state index contributed by atoms with van der Waals surface area (Å²) in [5.41, 5.74) is 2.10. The van der Waals surface area contributed by atoms with Gasteiger partial charge >= 0.3 is 6.18 Å². The van der Waals surface area contributed by atoms with E-state index in [1.54, 1.807) is 11.8 Å². The lowest BCUT2D eigenvalue weighted by molar-refractivity contribution is -0.146. The van der Waals surface area contributed by atoms with E-state index < -0.39 is 18.0 Å². The normalized spacial score (nSPS) is 21.6. The molecule has 2 aromatic heterocycles. The van der Waals surface area contributed by atoms with Crippen LogP contribution in [0.2, 0.25) is 0 Å². The fourth-order valence-electron chi connectivity index (χ4n) is 4.70. The maximum Gasteiger partial charge on any atom is 0.433 e. The number of aryl methyl sites for hydroxylation is 1. The van der Waals surface area contributed by atoms with Gasteiger partial charge in [0.05, 0.1) is 12.3 Å². The number of nitrogens with zero attached hydrogens (tertiary/aromatic N) is 4. The first-order valence-electron chi connectivity index (χ1n) is 10.7. The summed E-state index contributed by atoms with van der Waals surface area (Å²) in [6.07, 6.45) is -3.11. The summed E-state index contributed by atoms with van der Waals surface area (Å²) < 4.78 is 47.7. The van der Waals surface area contributed by atoms with E-state index in [2.05, 4.69) is 10.1 Å². The van der Waals surface area contributed by atoms with E-state index in [1.807, 2.05) is 24.3 Å². The summed E-state index contributed by atoms with van der Waals surface area (Å²) in [6.45, 7) is 2.97. The van der Waals surface area contributed by atoms with Crippen LogP contribution in [0.15, 0.2) is 36.4 Å². The van der Waals surface area contributed by atoms with Gasteiger partial charge < -0.3 is 9.64 Å². The summed E-state index contributed by atoms with van der Waals surface area (Å²) in [7, 11) is 0. The highest BCUT2D eigenvalue weighted by Crippen LogP contribution is 2.35. The molecule has 2 aliphatic rings. The van der Waals surface area contributed by atoms with Crippen LogP contribution in [0.5, 0.6) is 0 Å². The monoisotopic (exact) mass is 444 g/mol. The van der Waals surface area contributed by atoms with E-state index in [9.17, 15) is 18.0 Å². The Bertz CT molecular complexity index is 1170. The molecule has 1 amide bonds. The number of piperidine rings is 1. The number of rotatable bonds is 2. The second kappa shape index (κ2) is 7.88. The van der Waals surface area contributed by atoms with E-state index in [-0.39, 0.29) is 17.5 Å². The standard InChI is InChI=1S/C23H23F3N4O2/c1-14-11-20-27-18(12-19(23(24,25)26)30(20)28-14)16-6-4-9-29(13-16)22(31)21-17-7-3-2-5-15(17)8-10-32-21/h2-3,5,7,11-12,16,21H,4,6,8-10,13H2,1H3/t16-,21-/m0/s1. The zero-order chi connectivity index (χ0) is 22.5. The summed E-state index contributed by atoms with van der Waals surface area (Å²) >= 11 is 0. The molecule has 0 spiro atoms. The zero-order valence-corrected chi connectivity index (χ0v) is 17.6. The van der Waals surface area contributed by atoms with Crippen molar-refractivity contribution in [1.82, 2.24) is 19.5 Å². The summed E-state index contributed by atoms with van der Waals surface area (Å²) in [5.74, 6) is -0.424. The molecule has 2 aliphatic heterocycles. The molecule has 4 heterocycles. The maximum absolute atomic E-state index is 13.7. The van der Waals surface area contributed by atoms with Gasteiger partial charge in [-0.05, 0) is 43.4 Å². The molecule has 9 heteroatoms. The van der Waals surface area contributed by atoms with Crippen LogP contribution < -0.4 is 0 Å². The van der Waals surface area contributed by atoms with Crippen LogP contribution in [0, 0.1) is 6.92 Å². The van der Waals surface area contributed by atoms with E-state index >= 15 is 0 Å². The molecular formula is C23H23F3N4O2. The molecule has 5 rings (SSSR count). The van der Waals surface area contributed by atoms with Crippen LogP contribution in [-0.4, -0.2) is 45.1 Å². The van der Waals surface area contributed by atoms with Crippen molar-refractivity contribution >= 4 is 11.6 Å². The van der Waals surface area contributed by atoms with Crippen LogP contribution in [0.4, 0.5) is 13.2 Å². The number of hydrogen-bond donors (Lipinski definition) is 0. The Morgan fingerprint density at radius 2 is 2.03 bits per heavy atom. The molecule has 1 saturated heterocycles. The Hall–Kier alpha value is -2.94. The van der Waals surface area contributed by atoms with Gasteiger partial charge in [-0.15, -0.1) is 0 Å². The molecule has 0 N–H and O–H groups in total. The molecular weight excluding hydrogens is 421 g/mol. The zero-order valence-electron chi connectivity index (χ0n) is 17.6. The lowest BCUT2D eigenvalue weighted by Crippen LogP contribution is -2.43. The minimum Gasteiger partial charge on any atom is -0.363 e. The quantitative estimate of drug-likeness (QED) is 0.598. The van der Waals surface area contributed by atoms with Crippen molar-refractivity contribution in [2.75, 3.05) is 19.7 Å². The molecule has 0 saturated carbocycles. The molecule has 168 valence electrons. The van der Waals surface area contributed by atoms with Crippen LogP contribution in [-0.2, 0) is 22.1 Å². The van der Waals surface area contributed by atoms with E-state index in [0.29, 0.717) is 43.9 Å². The smallest absolute Gasteiger partial charge is 0.363 e. The van der Waals surface area contributed by atoms with Gasteiger partial charge in [0, 0.05) is 30.8 Å². The predicted molar refractivity (Wildman–Crippen MR) is 110 cm³/mol. The van der Waals surface area contributed by atoms with Crippen LogP contribution >= 0.6 is 0 Å². The van der Waals surface area contributed by atoms with Crippen molar-refractivity contribution in [2.45, 2.75) is 44.4 Å². The molecule has 0 radical (unpaired) electrons. The molecule has 32 heavy (non-hydrogen) atoms. The minimum absolute atomic E-state index is 0.140. The van der Waals surface area contributed by atoms with E-state index in [4.69, 9.17) is 4.74 Å². The van der Waals surface area contributed by atoms with E-state index in [1.165, 1.54) is 6.07 Å². The summed E-state index contributed by atoms with van der Waals surface area (Å²) in [4.78, 5) is 19.5. The largest absolute Gasteiger partial charge is 0.433 e. The molecule has 2 atom stereocenters. The Morgan fingerprint density at radius 3 is 2.84 bits per heavy atom. The molecule has 1 aromatic carbocycles. The molecule has 3 aromatic rings. The Balaban J connectivity index is 1.44. The molecule has 0 aliphatic carbocycles. The van der Waals surface area contributed by atoms with Crippen molar-refractivity contribution < 1.29 is 22.7 Å². The minimum atomic E-state index is -4.56. The number of carbonyl (C=O) groups excluding carboxylic acids is 1. The fraction of sp³-hybridized carbons (Fsp3) is 0.435. The fourth-order valence-corrected chi connectivity index (χ4v) is 4.70. The first-order valence-corrected chi connectivity index (χ1v) is 10.7. The van der Waals surface area contributed by atoms with Gasteiger partial charge in [-0.1, -0.05) is 24.3 Å². The number of halogens is 3. The second-order valence-electron chi connectivity index (χ2n) is 8.44. The molecule has 0 bridgehead atoms. The molecule has 0 unspecified atom stereocenters. The number of fused-ring (bicyclic) bond motifs is 2. The SMILES string of the molecule is Cc1cc2nc([C@H]3CCCN(C(=O)[C@H]4OCCc5ccccc54)C3)cc(C(F)(F)F)n2n1. The topological polar surface area (TPSA) is 59.7 Å². The third-order valence-electron chi connectivity index (χ3n) is 6.23. The van der Waals surface area contributed by atoms with Crippen molar-refractivity contribution in [3.05, 3.63) is 64.6 Å². The third kappa shape index (κ3) is 3.74. The van der Waals surface area contributed by atoms with Crippen LogP contribution in [0.25, 0.3) is 5.65 Å². The van der Waals surface area contributed by atoms with Crippen molar-refractivity contribution in [1.29, 1.82) is 0 Å². The number of hydrogen-bond acceptors (Lipinski definition) is 4. The first-order chi connectivity index (χ1) is 15.3. The number of alkyl halides is 3. The van der Waals surface area contributed by atoms with Crippen molar-refractivity contribution in [3.8, 4) is 0 Å². The van der Waals surface area contributed by atoms with E-state index in [0.717, 1.165) is 28.1 Å². The van der Waals surface area contributed by atoms with Gasteiger partial charge in [0.25, 0.3) is 5.91 Å². The van der Waals surface area contributed by atoms with Gasteiger partial charge in [-0.25, -0.2) is 9.50 Å². The lowest BCUT2D eigenvalue weighted by atomic mass is 9.92. The number of likely N-dealkylation sites (tertiary alicyclic amines) is 1. The van der Waals surface area contributed by atoms with Crippen molar-refractivity contribution in [2.24, 2.45) is 0 Å². The molecule has 1 fully saturated rings. The molecule has 6 nitrogen and oxygen atoms in total. The number of amides is 1. The highest BCUT2D eigenvalue weighted by molar-refractivity contribution is 5.83. The van der Waals surface area contributed by atoms with Crippen LogP contribution in [0.3, 0.4) is 0 Å². The number of ether oxygens (including phenoxy) is 1. The van der Waals surface area contributed by atoms with Crippen LogP contribution in [0.1, 0.15) is 53.1 Å². The van der Waals surface area contributed by atoms with Gasteiger partial charge in [0.1, 0.15) is 5.69 Å². The Kier molecular flexibility index (Phi) is 5.16. The Morgan fingerprint density at radius 1 is 1.22 bits per heavy atom. The number of carbonyl (C=O) groups is 1. The summed E-state index contributed by atoms with van der Waals surface area (Å²) in [5, 5.41) is 3.94. The first kappa shape index (κ1) is 20.9.